The number of thiophene rings is 1. The van der Waals surface area contributed by atoms with E-state index in [1.54, 1.807) is 0 Å². The Bertz CT molecular complexity index is 1190. The summed E-state index contributed by atoms with van der Waals surface area (Å²) in [7, 11) is 0. The van der Waals surface area contributed by atoms with Gasteiger partial charge in [0.25, 0.3) is 0 Å². The Kier molecular flexibility index (Phi) is 4.89. The van der Waals surface area contributed by atoms with E-state index in [9.17, 15) is 4.79 Å². The summed E-state index contributed by atoms with van der Waals surface area (Å²) in [4.78, 5) is 16.6. The SMILES string of the molecule is Cc1ccccc1[C@@H]1NCc2nnc(C)n2-c2sc3c(c21)C[C@H](C(=O)N1CCOCC1)C3. The molecule has 4 heterocycles. The molecule has 1 saturated heterocycles. The third kappa shape index (κ3) is 3.12. The quantitative estimate of drug-likeness (QED) is 0.651. The first-order chi connectivity index (χ1) is 15.6. The molecule has 3 aliphatic rings. The van der Waals surface area contributed by atoms with Gasteiger partial charge in [-0.1, -0.05) is 24.3 Å². The van der Waals surface area contributed by atoms with E-state index in [4.69, 9.17) is 4.74 Å². The molecule has 1 aromatic carbocycles. The molecule has 2 aromatic heterocycles. The summed E-state index contributed by atoms with van der Waals surface area (Å²) in [6.07, 6.45) is 1.62. The largest absolute Gasteiger partial charge is 0.378 e. The predicted octanol–water partition coefficient (Wildman–Crippen LogP) is 2.71. The highest BCUT2D eigenvalue weighted by atomic mass is 32.1. The summed E-state index contributed by atoms with van der Waals surface area (Å²) in [5.41, 5.74) is 5.20. The van der Waals surface area contributed by atoms with Crippen LogP contribution in [0.3, 0.4) is 0 Å². The van der Waals surface area contributed by atoms with Gasteiger partial charge in [-0.3, -0.25) is 14.7 Å². The van der Waals surface area contributed by atoms with Gasteiger partial charge >= 0.3 is 0 Å². The van der Waals surface area contributed by atoms with Crippen molar-refractivity contribution in [2.45, 2.75) is 39.3 Å². The van der Waals surface area contributed by atoms with Crippen molar-refractivity contribution >= 4 is 17.2 Å². The minimum atomic E-state index is 0.0295. The van der Waals surface area contributed by atoms with Gasteiger partial charge in [0, 0.05) is 29.4 Å². The smallest absolute Gasteiger partial charge is 0.226 e. The third-order valence-corrected chi connectivity index (χ3v) is 8.27. The van der Waals surface area contributed by atoms with E-state index >= 15 is 0 Å². The number of hydrogen-bond acceptors (Lipinski definition) is 6. The number of ether oxygens (including phenoxy) is 1. The number of amides is 1. The molecule has 1 N–H and O–H groups in total. The monoisotopic (exact) mass is 449 g/mol. The molecule has 2 aliphatic heterocycles. The van der Waals surface area contributed by atoms with Crippen LogP contribution in [0.1, 0.15) is 44.8 Å². The molecule has 1 amide bonds. The molecule has 0 saturated carbocycles. The predicted molar refractivity (Wildman–Crippen MR) is 122 cm³/mol. The van der Waals surface area contributed by atoms with Crippen LogP contribution < -0.4 is 5.32 Å². The van der Waals surface area contributed by atoms with Crippen LogP contribution in [-0.4, -0.2) is 51.9 Å². The summed E-state index contributed by atoms with van der Waals surface area (Å²) in [6, 6.07) is 8.65. The summed E-state index contributed by atoms with van der Waals surface area (Å²) in [5, 5.41) is 13.8. The molecule has 1 aliphatic carbocycles. The lowest BCUT2D eigenvalue weighted by Gasteiger charge is -2.29. The number of aromatic nitrogens is 3. The van der Waals surface area contributed by atoms with E-state index in [-0.39, 0.29) is 17.9 Å². The lowest BCUT2D eigenvalue weighted by atomic mass is 9.92. The summed E-state index contributed by atoms with van der Waals surface area (Å²) < 4.78 is 7.65. The average Bonchev–Trinajstić information content (AvgIpc) is 3.45. The Morgan fingerprint density at radius 3 is 2.78 bits per heavy atom. The fourth-order valence-electron chi connectivity index (χ4n) is 5.38. The Morgan fingerprint density at radius 2 is 1.97 bits per heavy atom. The summed E-state index contributed by atoms with van der Waals surface area (Å²) in [5.74, 6) is 2.16. The zero-order valence-corrected chi connectivity index (χ0v) is 19.2. The van der Waals surface area contributed by atoms with Crippen LogP contribution in [0.2, 0.25) is 0 Å². The number of rotatable bonds is 2. The van der Waals surface area contributed by atoms with Gasteiger partial charge < -0.3 is 9.64 Å². The van der Waals surface area contributed by atoms with Crippen molar-refractivity contribution in [2.75, 3.05) is 26.3 Å². The normalized spacial score (nSPS) is 22.2. The van der Waals surface area contributed by atoms with E-state index in [0.29, 0.717) is 32.8 Å². The molecule has 32 heavy (non-hydrogen) atoms. The highest BCUT2D eigenvalue weighted by molar-refractivity contribution is 7.15. The zero-order chi connectivity index (χ0) is 21.8. The number of aryl methyl sites for hydroxylation is 2. The van der Waals surface area contributed by atoms with Crippen LogP contribution in [-0.2, 0) is 28.9 Å². The third-order valence-electron chi connectivity index (χ3n) is 7.01. The first-order valence-corrected chi connectivity index (χ1v) is 12.1. The Hall–Kier alpha value is -2.55. The average molecular weight is 450 g/mol. The van der Waals surface area contributed by atoms with Crippen molar-refractivity contribution in [1.29, 1.82) is 0 Å². The fourth-order valence-corrected chi connectivity index (χ4v) is 6.89. The van der Waals surface area contributed by atoms with E-state index in [1.807, 2.05) is 23.2 Å². The molecule has 7 nitrogen and oxygen atoms in total. The van der Waals surface area contributed by atoms with Crippen molar-refractivity contribution in [3.8, 4) is 5.00 Å². The number of carbonyl (C=O) groups excluding carboxylic acids is 1. The molecule has 166 valence electrons. The van der Waals surface area contributed by atoms with Crippen molar-refractivity contribution < 1.29 is 9.53 Å². The van der Waals surface area contributed by atoms with Crippen molar-refractivity contribution in [3.05, 3.63) is 63.0 Å². The molecule has 8 heteroatoms. The van der Waals surface area contributed by atoms with E-state index in [2.05, 4.69) is 51.3 Å². The number of benzene rings is 1. The van der Waals surface area contributed by atoms with Gasteiger partial charge in [-0.2, -0.15) is 0 Å². The number of nitrogens with one attached hydrogen (secondary N) is 1. The maximum atomic E-state index is 13.3. The molecule has 3 aromatic rings. The number of morpholine rings is 1. The molecular weight excluding hydrogens is 422 g/mol. The minimum Gasteiger partial charge on any atom is -0.378 e. The van der Waals surface area contributed by atoms with Crippen LogP contribution in [0.4, 0.5) is 0 Å². The van der Waals surface area contributed by atoms with Gasteiger partial charge in [0.15, 0.2) is 5.82 Å². The van der Waals surface area contributed by atoms with Crippen molar-refractivity contribution in [3.63, 3.8) is 0 Å². The van der Waals surface area contributed by atoms with E-state index in [1.165, 1.54) is 32.1 Å². The molecule has 6 rings (SSSR count). The van der Waals surface area contributed by atoms with Crippen LogP contribution in [0.15, 0.2) is 24.3 Å². The van der Waals surface area contributed by atoms with Gasteiger partial charge in [0.1, 0.15) is 10.8 Å². The zero-order valence-electron chi connectivity index (χ0n) is 18.4. The summed E-state index contributed by atoms with van der Waals surface area (Å²) >= 11 is 1.82. The second-order valence-electron chi connectivity index (χ2n) is 8.93. The highest BCUT2D eigenvalue weighted by Gasteiger charge is 2.39. The maximum Gasteiger partial charge on any atom is 0.226 e. The minimum absolute atomic E-state index is 0.0295. The van der Waals surface area contributed by atoms with Crippen molar-refractivity contribution in [1.82, 2.24) is 25.0 Å². The molecule has 2 atom stereocenters. The molecule has 1 fully saturated rings. The lowest BCUT2D eigenvalue weighted by molar-refractivity contribution is -0.139. The second-order valence-corrected chi connectivity index (χ2v) is 10.0. The van der Waals surface area contributed by atoms with Gasteiger partial charge in [0.05, 0.1) is 25.8 Å². The molecule has 0 radical (unpaired) electrons. The highest BCUT2D eigenvalue weighted by Crippen LogP contribution is 2.46. The Labute approximate surface area is 191 Å². The molecular formula is C24H27N5O2S. The van der Waals surface area contributed by atoms with E-state index in [0.717, 1.165) is 24.5 Å². The van der Waals surface area contributed by atoms with Crippen LogP contribution in [0, 0.1) is 19.8 Å². The summed E-state index contributed by atoms with van der Waals surface area (Å²) in [6.45, 7) is 7.55. The maximum absolute atomic E-state index is 13.3. The molecule has 0 bridgehead atoms. The molecule has 0 spiro atoms. The second kappa shape index (κ2) is 7.79. The number of nitrogens with zero attached hydrogens (tertiary/aromatic N) is 4. The van der Waals surface area contributed by atoms with E-state index < -0.39 is 0 Å². The fraction of sp³-hybridized carbons (Fsp3) is 0.458. The van der Waals surface area contributed by atoms with Gasteiger partial charge in [-0.05, 0) is 43.4 Å². The number of carbonyl (C=O) groups is 1. The van der Waals surface area contributed by atoms with Crippen LogP contribution in [0.5, 0.6) is 0 Å². The van der Waals surface area contributed by atoms with Gasteiger partial charge in [-0.15, -0.1) is 21.5 Å². The first kappa shape index (κ1) is 20.1. The lowest BCUT2D eigenvalue weighted by Crippen LogP contribution is -2.44. The van der Waals surface area contributed by atoms with Crippen LogP contribution >= 0.6 is 11.3 Å². The topological polar surface area (TPSA) is 72.3 Å². The van der Waals surface area contributed by atoms with Gasteiger partial charge in [0.2, 0.25) is 5.91 Å². The van der Waals surface area contributed by atoms with Crippen molar-refractivity contribution in [2.24, 2.45) is 5.92 Å². The standard InChI is InChI=1S/C24H27N5O2S/c1-14-5-3-4-6-17(14)22-21-18-11-16(23(30)28-7-9-31-10-8-28)12-19(18)32-24(21)29-15(2)26-27-20(29)13-25-22/h3-6,16,22,25H,7-13H2,1-2H3/t16-,22-/m0/s1. The molecule has 0 unspecified atom stereocenters. The number of hydrogen-bond donors (Lipinski definition) is 1. The number of fused-ring (bicyclic) bond motifs is 5. The first-order valence-electron chi connectivity index (χ1n) is 11.3. The Morgan fingerprint density at radius 1 is 1.16 bits per heavy atom. The van der Waals surface area contributed by atoms with Crippen LogP contribution in [0.25, 0.3) is 5.00 Å². The Balaban J connectivity index is 1.43. The van der Waals surface area contributed by atoms with Gasteiger partial charge in [-0.25, -0.2) is 0 Å².